The van der Waals surface area contributed by atoms with Gasteiger partial charge in [-0.1, -0.05) is 12.1 Å². The summed E-state index contributed by atoms with van der Waals surface area (Å²) >= 11 is 1.30. The highest BCUT2D eigenvalue weighted by Crippen LogP contribution is 2.12. The van der Waals surface area contributed by atoms with Gasteiger partial charge in [-0.05, 0) is 35.0 Å². The van der Waals surface area contributed by atoms with Crippen molar-refractivity contribution in [3.05, 3.63) is 47.2 Å². The number of tetrazole rings is 1. The molecule has 3 N–H and O–H groups in total. The summed E-state index contributed by atoms with van der Waals surface area (Å²) in [6, 6.07) is 7.51. The Morgan fingerprint density at radius 3 is 3.04 bits per heavy atom. The fourth-order valence-electron chi connectivity index (χ4n) is 1.97. The second-order valence-corrected chi connectivity index (χ2v) is 5.78. The van der Waals surface area contributed by atoms with E-state index in [1.165, 1.54) is 17.7 Å². The molecule has 0 spiro atoms. The summed E-state index contributed by atoms with van der Waals surface area (Å²) in [6.45, 7) is 1.81. The molecular formula is C14H14N8OS. The Hall–Kier alpha value is -3.14. The number of aromatic nitrogens is 5. The van der Waals surface area contributed by atoms with Gasteiger partial charge in [0.05, 0.1) is 23.5 Å². The number of benzene rings is 1. The van der Waals surface area contributed by atoms with Crippen molar-refractivity contribution < 1.29 is 4.79 Å². The van der Waals surface area contributed by atoms with Crippen molar-refractivity contribution in [1.29, 1.82) is 0 Å². The van der Waals surface area contributed by atoms with Crippen molar-refractivity contribution in [1.82, 2.24) is 30.6 Å². The van der Waals surface area contributed by atoms with E-state index in [-0.39, 0.29) is 12.3 Å². The number of nitrogens with one attached hydrogen (secondary N) is 1. The van der Waals surface area contributed by atoms with Gasteiger partial charge >= 0.3 is 0 Å². The number of hydrogen-bond donors (Lipinski definition) is 2. The lowest BCUT2D eigenvalue weighted by atomic mass is 10.1. The maximum atomic E-state index is 11.9. The lowest BCUT2D eigenvalue weighted by Gasteiger charge is -2.05. The van der Waals surface area contributed by atoms with Crippen LogP contribution in [0.15, 0.2) is 41.1 Å². The third-order valence-corrected chi connectivity index (χ3v) is 3.86. The average molecular weight is 342 g/mol. The van der Waals surface area contributed by atoms with Crippen molar-refractivity contribution in [2.75, 3.05) is 5.73 Å². The number of nitrogens with zero attached hydrogens (tertiary/aromatic N) is 6. The van der Waals surface area contributed by atoms with E-state index in [0.717, 1.165) is 11.3 Å². The Morgan fingerprint density at radius 1 is 1.46 bits per heavy atom. The molecule has 0 fully saturated rings. The molecule has 9 nitrogen and oxygen atoms in total. The zero-order chi connectivity index (χ0) is 16.9. The highest BCUT2D eigenvalue weighted by atomic mass is 32.1. The summed E-state index contributed by atoms with van der Waals surface area (Å²) in [6.07, 6.45) is 1.64. The van der Waals surface area contributed by atoms with E-state index in [1.54, 1.807) is 17.0 Å². The number of carbonyl (C=O) groups excluding carboxylic acids is 1. The highest BCUT2D eigenvalue weighted by Gasteiger charge is 2.07. The first-order valence-corrected chi connectivity index (χ1v) is 7.86. The molecule has 0 radical (unpaired) electrons. The Balaban J connectivity index is 1.67. The first-order valence-electron chi connectivity index (χ1n) is 6.98. The summed E-state index contributed by atoms with van der Waals surface area (Å²) < 4.78 is 1.54. The number of nitrogen functional groups attached to an aromatic ring is 1. The van der Waals surface area contributed by atoms with Gasteiger partial charge in [-0.3, -0.25) is 4.79 Å². The molecule has 0 aliphatic heterocycles. The lowest BCUT2D eigenvalue weighted by Crippen LogP contribution is -2.21. The molecular weight excluding hydrogens is 328 g/mol. The van der Waals surface area contributed by atoms with Gasteiger partial charge in [-0.2, -0.15) is 5.10 Å². The Bertz CT molecular complexity index is 871. The van der Waals surface area contributed by atoms with Crippen LogP contribution >= 0.6 is 11.3 Å². The molecule has 0 unspecified atom stereocenters. The smallest absolute Gasteiger partial charge is 0.246 e. The minimum Gasteiger partial charge on any atom is -0.375 e. The molecule has 24 heavy (non-hydrogen) atoms. The molecule has 0 bridgehead atoms. The number of amides is 1. The lowest BCUT2D eigenvalue weighted by molar-refractivity contribution is -0.120. The zero-order valence-electron chi connectivity index (χ0n) is 12.7. The number of nitrogens with two attached hydrogens (primary N) is 1. The van der Waals surface area contributed by atoms with Crippen LogP contribution in [0.25, 0.3) is 5.69 Å². The van der Waals surface area contributed by atoms with Crippen LogP contribution in [0.3, 0.4) is 0 Å². The largest absolute Gasteiger partial charge is 0.375 e. The van der Waals surface area contributed by atoms with Crippen LogP contribution < -0.4 is 11.2 Å². The van der Waals surface area contributed by atoms with E-state index in [4.69, 9.17) is 5.73 Å². The molecule has 1 amide bonds. The second kappa shape index (κ2) is 6.96. The molecule has 0 atom stereocenters. The third kappa shape index (κ3) is 3.79. The molecule has 3 aromatic rings. The SMILES string of the molecule is C/C(=N/NC(=O)Cc1csc(N)n1)c1cccc(-n2cnnn2)c1. The first kappa shape index (κ1) is 15.7. The monoisotopic (exact) mass is 342 g/mol. The Labute approximate surface area is 141 Å². The maximum Gasteiger partial charge on any atom is 0.246 e. The predicted molar refractivity (Wildman–Crippen MR) is 89.7 cm³/mol. The van der Waals surface area contributed by atoms with E-state index in [0.29, 0.717) is 16.5 Å². The number of carbonyl (C=O) groups is 1. The van der Waals surface area contributed by atoms with Gasteiger partial charge in [0.2, 0.25) is 5.91 Å². The summed E-state index contributed by atoms with van der Waals surface area (Å²) in [4.78, 5) is 15.9. The number of thiazole rings is 1. The quantitative estimate of drug-likeness (QED) is 0.522. The summed E-state index contributed by atoms with van der Waals surface area (Å²) in [5.41, 5.74) is 11.0. The highest BCUT2D eigenvalue weighted by molar-refractivity contribution is 7.13. The zero-order valence-corrected chi connectivity index (χ0v) is 13.6. The minimum absolute atomic E-state index is 0.134. The van der Waals surface area contributed by atoms with Crippen LogP contribution in [-0.2, 0) is 11.2 Å². The van der Waals surface area contributed by atoms with Gasteiger partial charge in [0.15, 0.2) is 5.13 Å². The number of hydrogen-bond acceptors (Lipinski definition) is 8. The van der Waals surface area contributed by atoms with Crippen LogP contribution in [0.1, 0.15) is 18.2 Å². The standard InChI is InChI=1S/C14H14N8OS/c1-9(18-19-13(23)6-11-7-24-14(15)17-11)10-3-2-4-12(5-10)22-8-16-20-21-22/h2-5,7-8H,6H2,1H3,(H2,15,17)(H,19,23)/b18-9-. The van der Waals surface area contributed by atoms with E-state index >= 15 is 0 Å². The van der Waals surface area contributed by atoms with E-state index in [2.05, 4.69) is 31.0 Å². The number of rotatable bonds is 5. The van der Waals surface area contributed by atoms with E-state index in [9.17, 15) is 4.79 Å². The van der Waals surface area contributed by atoms with Crippen molar-refractivity contribution >= 4 is 28.1 Å². The molecule has 0 aliphatic carbocycles. The van der Waals surface area contributed by atoms with Gasteiger partial charge in [0.1, 0.15) is 6.33 Å². The van der Waals surface area contributed by atoms with Crippen LogP contribution in [0.5, 0.6) is 0 Å². The van der Waals surface area contributed by atoms with Crippen molar-refractivity contribution in [2.24, 2.45) is 5.10 Å². The number of hydrazone groups is 1. The number of anilines is 1. The van der Waals surface area contributed by atoms with E-state index < -0.39 is 0 Å². The summed E-state index contributed by atoms with van der Waals surface area (Å²) in [7, 11) is 0. The molecule has 3 rings (SSSR count). The van der Waals surface area contributed by atoms with Gasteiger partial charge in [0.25, 0.3) is 0 Å². The molecule has 2 aromatic heterocycles. The summed E-state index contributed by atoms with van der Waals surface area (Å²) in [5.74, 6) is -0.253. The maximum absolute atomic E-state index is 11.9. The topological polar surface area (TPSA) is 124 Å². The normalized spacial score (nSPS) is 11.5. The first-order chi connectivity index (χ1) is 11.6. The molecule has 1 aromatic carbocycles. The van der Waals surface area contributed by atoms with Crippen molar-refractivity contribution in [2.45, 2.75) is 13.3 Å². The molecule has 0 saturated heterocycles. The minimum atomic E-state index is -0.253. The third-order valence-electron chi connectivity index (χ3n) is 3.14. The molecule has 122 valence electrons. The molecule has 10 heteroatoms. The van der Waals surface area contributed by atoms with Crippen molar-refractivity contribution in [3.8, 4) is 5.69 Å². The van der Waals surface area contributed by atoms with Crippen LogP contribution in [-0.4, -0.2) is 36.8 Å². The van der Waals surface area contributed by atoms with Crippen LogP contribution in [0.4, 0.5) is 5.13 Å². The van der Waals surface area contributed by atoms with E-state index in [1.807, 2.05) is 24.3 Å². The molecule has 2 heterocycles. The van der Waals surface area contributed by atoms with Crippen LogP contribution in [0.2, 0.25) is 0 Å². The fourth-order valence-corrected chi connectivity index (χ4v) is 2.53. The van der Waals surface area contributed by atoms with Gasteiger partial charge in [-0.25, -0.2) is 15.1 Å². The molecule has 0 saturated carbocycles. The Kier molecular flexibility index (Phi) is 4.57. The second-order valence-electron chi connectivity index (χ2n) is 4.89. The Morgan fingerprint density at radius 2 is 2.33 bits per heavy atom. The summed E-state index contributed by atoms with van der Waals surface area (Å²) in [5, 5.41) is 17.4. The van der Waals surface area contributed by atoms with Gasteiger partial charge < -0.3 is 5.73 Å². The van der Waals surface area contributed by atoms with Gasteiger partial charge in [-0.15, -0.1) is 16.4 Å². The van der Waals surface area contributed by atoms with Crippen LogP contribution in [0, 0.1) is 0 Å². The molecule has 0 aliphatic rings. The average Bonchev–Trinajstić information content (AvgIpc) is 3.25. The fraction of sp³-hybridized carbons (Fsp3) is 0.143. The van der Waals surface area contributed by atoms with Crippen molar-refractivity contribution in [3.63, 3.8) is 0 Å². The van der Waals surface area contributed by atoms with Gasteiger partial charge in [0, 0.05) is 5.38 Å². The predicted octanol–water partition coefficient (Wildman–Crippen LogP) is 0.784.